The summed E-state index contributed by atoms with van der Waals surface area (Å²) in [5.74, 6) is -0.316. The van der Waals surface area contributed by atoms with Gasteiger partial charge >= 0.3 is 0 Å². The predicted molar refractivity (Wildman–Crippen MR) is 80.3 cm³/mol. The van der Waals surface area contributed by atoms with Crippen molar-refractivity contribution in [3.05, 3.63) is 83.1 Å². The minimum absolute atomic E-state index is 0.240. The summed E-state index contributed by atoms with van der Waals surface area (Å²) in [6, 6.07) is 15.3. The zero-order chi connectivity index (χ0) is 15.4. The van der Waals surface area contributed by atoms with E-state index in [1.165, 1.54) is 23.0 Å². The fraction of sp³-hybridized carbons (Fsp3) is 0.0625. The molecule has 5 nitrogen and oxygen atoms in total. The lowest BCUT2D eigenvalue weighted by molar-refractivity contribution is -0.469. The molecule has 1 aromatic heterocycles. The average molecular weight is 296 g/mol. The Hall–Kier alpha value is -3.02. The highest BCUT2D eigenvalue weighted by Crippen LogP contribution is 2.07. The van der Waals surface area contributed by atoms with Crippen LogP contribution >= 0.6 is 0 Å². The van der Waals surface area contributed by atoms with E-state index in [-0.39, 0.29) is 12.4 Å². The van der Waals surface area contributed by atoms with E-state index in [1.807, 2.05) is 30.3 Å². The molecule has 22 heavy (non-hydrogen) atoms. The van der Waals surface area contributed by atoms with Crippen LogP contribution in [0.3, 0.4) is 0 Å². The van der Waals surface area contributed by atoms with Crippen LogP contribution in [0.4, 0.5) is 4.39 Å². The van der Waals surface area contributed by atoms with Gasteiger partial charge in [0.2, 0.25) is 6.21 Å². The van der Waals surface area contributed by atoms with Crippen LogP contribution in [0.25, 0.3) is 5.69 Å². The standard InChI is InChI=1S/C16H13FN4O/c17-14-6-8-16(9-7-14)21-12-15(18-19-21)11-20(22)10-13-4-2-1-3-5-13/h1-9,11-12H,10H2/b20-11-. The van der Waals surface area contributed by atoms with Gasteiger partial charge in [-0.15, -0.1) is 5.10 Å². The van der Waals surface area contributed by atoms with E-state index >= 15 is 0 Å². The summed E-state index contributed by atoms with van der Waals surface area (Å²) >= 11 is 0. The number of rotatable bonds is 4. The quantitative estimate of drug-likeness (QED) is 0.322. The molecule has 6 heteroatoms. The molecule has 0 fully saturated rings. The number of hydroxylamine groups is 1. The molecule has 0 saturated carbocycles. The summed E-state index contributed by atoms with van der Waals surface area (Å²) in [4.78, 5) is 0. The third-order valence-electron chi connectivity index (χ3n) is 3.06. The van der Waals surface area contributed by atoms with Crippen LogP contribution in [0, 0.1) is 11.0 Å². The second-order valence-electron chi connectivity index (χ2n) is 4.75. The number of benzene rings is 2. The van der Waals surface area contributed by atoms with Crippen molar-refractivity contribution in [3.8, 4) is 5.69 Å². The smallest absolute Gasteiger partial charge is 0.204 e. The second-order valence-corrected chi connectivity index (χ2v) is 4.75. The van der Waals surface area contributed by atoms with Gasteiger partial charge in [-0.25, -0.2) is 13.8 Å². The van der Waals surface area contributed by atoms with Crippen LogP contribution in [0.1, 0.15) is 11.3 Å². The molecule has 2 aromatic carbocycles. The summed E-state index contributed by atoms with van der Waals surface area (Å²) in [5.41, 5.74) is 2.03. The SMILES string of the molecule is [O-]/[N+](=C\c1cn(-c2ccc(F)cc2)nn1)Cc1ccccc1. The van der Waals surface area contributed by atoms with E-state index in [2.05, 4.69) is 10.3 Å². The van der Waals surface area contributed by atoms with E-state index in [9.17, 15) is 9.60 Å². The molecule has 0 aliphatic rings. The largest absolute Gasteiger partial charge is 0.623 e. The van der Waals surface area contributed by atoms with Crippen molar-refractivity contribution in [2.75, 3.05) is 0 Å². The van der Waals surface area contributed by atoms with Crippen molar-refractivity contribution in [2.45, 2.75) is 6.54 Å². The molecule has 0 radical (unpaired) electrons. The minimum Gasteiger partial charge on any atom is -0.623 e. The number of nitrogens with zero attached hydrogens (tertiary/aromatic N) is 4. The molecule has 0 amide bonds. The van der Waals surface area contributed by atoms with Gasteiger partial charge < -0.3 is 5.21 Å². The Morgan fingerprint density at radius 2 is 1.82 bits per heavy atom. The van der Waals surface area contributed by atoms with Crippen LogP contribution in [0.2, 0.25) is 0 Å². The minimum atomic E-state index is -0.316. The Bertz CT molecular complexity index is 781. The van der Waals surface area contributed by atoms with Crippen LogP contribution in [-0.2, 0) is 6.54 Å². The molecule has 1 heterocycles. The van der Waals surface area contributed by atoms with Crippen molar-refractivity contribution >= 4 is 6.21 Å². The van der Waals surface area contributed by atoms with E-state index in [0.717, 1.165) is 10.3 Å². The van der Waals surface area contributed by atoms with E-state index < -0.39 is 0 Å². The molecular formula is C16H13FN4O. The molecular weight excluding hydrogens is 283 g/mol. The maximum atomic E-state index is 12.9. The average Bonchev–Trinajstić information content (AvgIpc) is 2.97. The maximum absolute atomic E-state index is 12.9. The molecule has 0 spiro atoms. The van der Waals surface area contributed by atoms with Gasteiger partial charge in [-0.3, -0.25) is 0 Å². The van der Waals surface area contributed by atoms with Crippen molar-refractivity contribution in [3.63, 3.8) is 0 Å². The van der Waals surface area contributed by atoms with Crippen LogP contribution < -0.4 is 0 Å². The molecule has 3 rings (SSSR count). The van der Waals surface area contributed by atoms with Gasteiger partial charge in [0, 0.05) is 5.56 Å². The van der Waals surface area contributed by atoms with E-state index in [0.29, 0.717) is 11.4 Å². The van der Waals surface area contributed by atoms with Crippen molar-refractivity contribution in [1.82, 2.24) is 15.0 Å². The monoisotopic (exact) mass is 296 g/mol. The lowest BCUT2D eigenvalue weighted by atomic mass is 10.2. The molecule has 0 unspecified atom stereocenters. The van der Waals surface area contributed by atoms with Crippen LogP contribution in [0.5, 0.6) is 0 Å². The molecule has 0 aliphatic carbocycles. The predicted octanol–water partition coefficient (Wildman–Crippen LogP) is 2.54. The van der Waals surface area contributed by atoms with E-state index in [1.54, 1.807) is 18.3 Å². The van der Waals surface area contributed by atoms with Gasteiger partial charge in [0.25, 0.3) is 0 Å². The lowest BCUT2D eigenvalue weighted by Gasteiger charge is -2.02. The Labute approximate surface area is 126 Å². The fourth-order valence-electron chi connectivity index (χ4n) is 2.01. The van der Waals surface area contributed by atoms with Gasteiger partial charge in [0.1, 0.15) is 5.82 Å². The third-order valence-corrected chi connectivity index (χ3v) is 3.06. The number of aromatic nitrogens is 3. The highest BCUT2D eigenvalue weighted by Gasteiger charge is 2.05. The van der Waals surface area contributed by atoms with Crippen molar-refractivity contribution < 1.29 is 9.13 Å². The maximum Gasteiger partial charge on any atom is 0.204 e. The van der Waals surface area contributed by atoms with E-state index in [4.69, 9.17) is 0 Å². The molecule has 3 aromatic rings. The molecule has 0 bridgehead atoms. The Kier molecular flexibility index (Phi) is 3.91. The number of hydrogen-bond donors (Lipinski definition) is 0. The zero-order valence-corrected chi connectivity index (χ0v) is 11.6. The van der Waals surface area contributed by atoms with Crippen molar-refractivity contribution in [1.29, 1.82) is 0 Å². The number of halogens is 1. The van der Waals surface area contributed by atoms with Crippen LogP contribution in [0.15, 0.2) is 60.8 Å². The number of hydrogen-bond acceptors (Lipinski definition) is 3. The topological polar surface area (TPSA) is 56.8 Å². The lowest BCUT2D eigenvalue weighted by Crippen LogP contribution is -2.05. The molecule has 110 valence electrons. The Morgan fingerprint density at radius 3 is 2.55 bits per heavy atom. The summed E-state index contributed by atoms with van der Waals surface area (Å²) < 4.78 is 15.2. The highest BCUT2D eigenvalue weighted by atomic mass is 19.1. The first-order valence-corrected chi connectivity index (χ1v) is 6.71. The Balaban J connectivity index is 1.76. The first kappa shape index (κ1) is 13.9. The molecule has 0 atom stereocenters. The fourth-order valence-corrected chi connectivity index (χ4v) is 2.01. The summed E-state index contributed by atoms with van der Waals surface area (Å²) in [6.07, 6.45) is 2.99. The molecule has 0 aliphatic heterocycles. The Morgan fingerprint density at radius 1 is 1.09 bits per heavy atom. The van der Waals surface area contributed by atoms with Gasteiger partial charge in [0.15, 0.2) is 12.2 Å². The van der Waals surface area contributed by atoms with Crippen molar-refractivity contribution in [2.24, 2.45) is 0 Å². The summed E-state index contributed by atoms with van der Waals surface area (Å²) in [6.45, 7) is 0.240. The molecule has 0 saturated heterocycles. The normalized spacial score (nSPS) is 11.6. The van der Waals surface area contributed by atoms with Gasteiger partial charge in [-0.05, 0) is 24.3 Å². The summed E-state index contributed by atoms with van der Waals surface area (Å²) in [5, 5.41) is 19.7. The second kappa shape index (κ2) is 6.17. The van der Waals surface area contributed by atoms with Gasteiger partial charge in [0.05, 0.1) is 11.9 Å². The van der Waals surface area contributed by atoms with Gasteiger partial charge in [-0.2, -0.15) is 0 Å². The zero-order valence-electron chi connectivity index (χ0n) is 11.6. The van der Waals surface area contributed by atoms with Crippen LogP contribution in [-0.4, -0.2) is 25.9 Å². The molecule has 0 N–H and O–H groups in total. The highest BCUT2D eigenvalue weighted by molar-refractivity contribution is 5.72. The van der Waals surface area contributed by atoms with Gasteiger partial charge in [-0.1, -0.05) is 35.5 Å². The summed E-state index contributed by atoms with van der Waals surface area (Å²) in [7, 11) is 0. The third kappa shape index (κ3) is 3.35. The first-order valence-electron chi connectivity index (χ1n) is 6.71. The first-order chi connectivity index (χ1) is 10.7.